The lowest BCUT2D eigenvalue weighted by Gasteiger charge is -2.23. The first-order chi connectivity index (χ1) is 10.3. The van der Waals surface area contributed by atoms with Gasteiger partial charge in [-0.2, -0.15) is 0 Å². The Bertz CT molecular complexity index is 639. The highest BCUT2D eigenvalue weighted by molar-refractivity contribution is 5.69. The van der Waals surface area contributed by atoms with Gasteiger partial charge in [0.25, 0.3) is 0 Å². The number of hydrogen-bond donors (Lipinski definition) is 1. The van der Waals surface area contributed by atoms with Crippen molar-refractivity contribution >= 4 is 0 Å². The maximum absolute atomic E-state index is 9.40. The Kier molecular flexibility index (Phi) is 3.79. The summed E-state index contributed by atoms with van der Waals surface area (Å²) in [7, 11) is 3.23. The Hall–Kier alpha value is -2.08. The molecule has 0 amide bonds. The number of nitrogens with zero attached hydrogens (tertiary/aromatic N) is 3. The summed E-state index contributed by atoms with van der Waals surface area (Å²) in [4.78, 5) is 0. The van der Waals surface area contributed by atoms with Gasteiger partial charge in [-0.3, -0.25) is 0 Å². The molecule has 1 aliphatic heterocycles. The third-order valence-electron chi connectivity index (χ3n) is 3.95. The summed E-state index contributed by atoms with van der Waals surface area (Å²) in [5, 5.41) is 18.0. The number of aliphatic hydroxyl groups excluding tert-OH is 1. The van der Waals surface area contributed by atoms with E-state index in [1.807, 2.05) is 18.2 Å². The van der Waals surface area contributed by atoms with E-state index in [9.17, 15) is 5.11 Å². The molecule has 2 aromatic rings. The van der Waals surface area contributed by atoms with Crippen LogP contribution in [0.25, 0.3) is 11.4 Å². The van der Waals surface area contributed by atoms with E-state index >= 15 is 0 Å². The average molecular weight is 289 g/mol. The van der Waals surface area contributed by atoms with E-state index in [1.54, 1.807) is 14.2 Å². The Balaban J connectivity index is 2.08. The van der Waals surface area contributed by atoms with E-state index < -0.39 is 0 Å². The minimum Gasteiger partial charge on any atom is -0.493 e. The molecule has 0 aliphatic carbocycles. The number of methoxy groups -OCH3 is 2. The van der Waals surface area contributed by atoms with Crippen molar-refractivity contribution in [3.63, 3.8) is 0 Å². The molecular weight excluding hydrogens is 270 g/mol. The maximum Gasteiger partial charge on any atom is 0.171 e. The molecular formula is C15H19N3O3. The molecule has 0 saturated heterocycles. The van der Waals surface area contributed by atoms with Gasteiger partial charge in [0.15, 0.2) is 17.3 Å². The van der Waals surface area contributed by atoms with Crippen LogP contribution in [0.4, 0.5) is 0 Å². The van der Waals surface area contributed by atoms with Gasteiger partial charge in [-0.1, -0.05) is 6.07 Å². The molecule has 1 aromatic heterocycles. The molecule has 2 heterocycles. The summed E-state index contributed by atoms with van der Waals surface area (Å²) in [6.45, 7) is 0.917. The number of aliphatic hydroxyl groups is 1. The summed E-state index contributed by atoms with van der Waals surface area (Å²) in [5.41, 5.74) is 0.856. The van der Waals surface area contributed by atoms with Crippen LogP contribution in [-0.2, 0) is 13.0 Å². The molecule has 1 N–H and O–H groups in total. The third-order valence-corrected chi connectivity index (χ3v) is 3.95. The largest absolute Gasteiger partial charge is 0.493 e. The predicted molar refractivity (Wildman–Crippen MR) is 77.5 cm³/mol. The Labute approximate surface area is 123 Å². The molecule has 0 fully saturated rings. The summed E-state index contributed by atoms with van der Waals surface area (Å²) < 4.78 is 12.9. The first-order valence-corrected chi connectivity index (χ1v) is 7.02. The van der Waals surface area contributed by atoms with Crippen LogP contribution in [0.3, 0.4) is 0 Å². The number of hydrogen-bond acceptors (Lipinski definition) is 5. The SMILES string of the molecule is COc1cccc(-c2nnc3n2CC(CO)CC3)c1OC. The first-order valence-electron chi connectivity index (χ1n) is 7.02. The van der Waals surface area contributed by atoms with Gasteiger partial charge in [-0.15, -0.1) is 10.2 Å². The van der Waals surface area contributed by atoms with Crippen molar-refractivity contribution in [1.29, 1.82) is 0 Å². The molecule has 112 valence electrons. The van der Waals surface area contributed by atoms with Crippen molar-refractivity contribution in [3.05, 3.63) is 24.0 Å². The van der Waals surface area contributed by atoms with Crippen molar-refractivity contribution < 1.29 is 14.6 Å². The molecule has 1 aliphatic rings. The molecule has 0 radical (unpaired) electrons. The number of benzene rings is 1. The third kappa shape index (κ3) is 2.35. The zero-order valence-electron chi connectivity index (χ0n) is 12.2. The summed E-state index contributed by atoms with van der Waals surface area (Å²) >= 11 is 0. The molecule has 1 unspecified atom stereocenters. The van der Waals surface area contributed by atoms with Crippen molar-refractivity contribution in [2.75, 3.05) is 20.8 Å². The highest BCUT2D eigenvalue weighted by Crippen LogP contribution is 2.38. The van der Waals surface area contributed by atoms with Crippen molar-refractivity contribution in [3.8, 4) is 22.9 Å². The number of ether oxygens (including phenoxy) is 2. The van der Waals surface area contributed by atoms with Crippen LogP contribution in [0.2, 0.25) is 0 Å². The predicted octanol–water partition coefficient (Wildman–Crippen LogP) is 1.52. The van der Waals surface area contributed by atoms with E-state index in [0.717, 1.165) is 36.6 Å². The van der Waals surface area contributed by atoms with Gasteiger partial charge >= 0.3 is 0 Å². The molecule has 3 rings (SSSR count). The molecule has 21 heavy (non-hydrogen) atoms. The number of rotatable bonds is 4. The van der Waals surface area contributed by atoms with Crippen LogP contribution in [0.15, 0.2) is 18.2 Å². The molecule has 0 saturated carbocycles. The number of fused-ring (bicyclic) bond motifs is 1. The van der Waals surface area contributed by atoms with Gasteiger partial charge in [0, 0.05) is 25.5 Å². The van der Waals surface area contributed by atoms with Crippen LogP contribution < -0.4 is 9.47 Å². The lowest BCUT2D eigenvalue weighted by atomic mass is 10.00. The second-order valence-corrected chi connectivity index (χ2v) is 5.18. The normalized spacial score (nSPS) is 17.4. The summed E-state index contributed by atoms with van der Waals surface area (Å²) in [6, 6.07) is 5.71. The molecule has 6 nitrogen and oxygen atoms in total. The van der Waals surface area contributed by atoms with Crippen molar-refractivity contribution in [2.24, 2.45) is 5.92 Å². The second-order valence-electron chi connectivity index (χ2n) is 5.18. The lowest BCUT2D eigenvalue weighted by Crippen LogP contribution is -2.23. The molecule has 1 aromatic carbocycles. The topological polar surface area (TPSA) is 69.4 Å². The van der Waals surface area contributed by atoms with Crippen LogP contribution in [0.1, 0.15) is 12.2 Å². The fraction of sp³-hybridized carbons (Fsp3) is 0.467. The summed E-state index contributed by atoms with van der Waals surface area (Å²) in [6.07, 6.45) is 1.79. The molecule has 1 atom stereocenters. The average Bonchev–Trinajstić information content (AvgIpc) is 2.96. The fourth-order valence-corrected chi connectivity index (χ4v) is 2.81. The van der Waals surface area contributed by atoms with Gasteiger partial charge < -0.3 is 19.1 Å². The van der Waals surface area contributed by atoms with Crippen molar-refractivity contribution in [1.82, 2.24) is 14.8 Å². The first kappa shape index (κ1) is 13.9. The van der Waals surface area contributed by atoms with E-state index in [2.05, 4.69) is 14.8 Å². The highest BCUT2D eigenvalue weighted by atomic mass is 16.5. The standard InChI is InChI=1S/C15H19N3O3/c1-20-12-5-3-4-11(14(12)21-2)15-17-16-13-7-6-10(9-19)8-18(13)15/h3-5,10,19H,6-9H2,1-2H3. The van der Waals surface area contributed by atoms with Gasteiger partial charge in [0.1, 0.15) is 5.82 Å². The molecule has 0 spiro atoms. The highest BCUT2D eigenvalue weighted by Gasteiger charge is 2.25. The minimum absolute atomic E-state index is 0.187. The zero-order chi connectivity index (χ0) is 14.8. The van der Waals surface area contributed by atoms with E-state index in [0.29, 0.717) is 11.5 Å². The zero-order valence-corrected chi connectivity index (χ0v) is 12.2. The van der Waals surface area contributed by atoms with Gasteiger partial charge in [0.2, 0.25) is 0 Å². The van der Waals surface area contributed by atoms with Crippen LogP contribution in [0.5, 0.6) is 11.5 Å². The minimum atomic E-state index is 0.187. The van der Waals surface area contributed by atoms with E-state index in [4.69, 9.17) is 9.47 Å². The monoisotopic (exact) mass is 289 g/mol. The van der Waals surface area contributed by atoms with E-state index in [1.165, 1.54) is 0 Å². The van der Waals surface area contributed by atoms with Gasteiger partial charge in [-0.25, -0.2) is 0 Å². The van der Waals surface area contributed by atoms with Gasteiger partial charge in [-0.05, 0) is 18.6 Å². The van der Waals surface area contributed by atoms with Crippen LogP contribution >= 0.6 is 0 Å². The molecule has 6 heteroatoms. The quantitative estimate of drug-likeness (QED) is 0.924. The number of aromatic nitrogens is 3. The fourth-order valence-electron chi connectivity index (χ4n) is 2.81. The summed E-state index contributed by atoms with van der Waals surface area (Å²) in [5.74, 6) is 3.30. The van der Waals surface area contributed by atoms with Crippen LogP contribution in [0, 0.1) is 5.92 Å². The Morgan fingerprint density at radius 3 is 2.86 bits per heavy atom. The smallest absolute Gasteiger partial charge is 0.171 e. The van der Waals surface area contributed by atoms with E-state index in [-0.39, 0.29) is 12.5 Å². The molecule has 0 bridgehead atoms. The lowest BCUT2D eigenvalue weighted by molar-refractivity contribution is 0.191. The Morgan fingerprint density at radius 2 is 2.14 bits per heavy atom. The van der Waals surface area contributed by atoms with Crippen molar-refractivity contribution in [2.45, 2.75) is 19.4 Å². The number of para-hydroxylation sites is 1. The second kappa shape index (κ2) is 5.73. The number of aryl methyl sites for hydroxylation is 1. The Morgan fingerprint density at radius 1 is 1.29 bits per heavy atom. The van der Waals surface area contributed by atoms with Crippen LogP contribution in [-0.4, -0.2) is 40.7 Å². The van der Waals surface area contributed by atoms with Gasteiger partial charge in [0.05, 0.1) is 19.8 Å². The maximum atomic E-state index is 9.40.